The molecule has 220 valence electrons. The largest absolute Gasteiger partial charge is 0.497 e. The van der Waals surface area contributed by atoms with E-state index in [9.17, 15) is 13.2 Å². The van der Waals surface area contributed by atoms with Gasteiger partial charge in [-0.05, 0) is 69.1 Å². The Morgan fingerprint density at radius 2 is 1.73 bits per heavy atom. The number of rotatable bonds is 9. The first-order valence-corrected chi connectivity index (χ1v) is 15.6. The van der Waals surface area contributed by atoms with E-state index in [0.29, 0.717) is 40.9 Å². The molecular formula is C29H43N5O5S. The predicted octanol–water partition coefficient (Wildman–Crippen LogP) is 2.11. The van der Waals surface area contributed by atoms with E-state index < -0.39 is 16.1 Å². The maximum absolute atomic E-state index is 14.0. The molecule has 1 aliphatic carbocycles. The molecule has 2 fully saturated rings. The number of carbonyl (C=O) groups excluding carboxylic acids is 1. The van der Waals surface area contributed by atoms with Gasteiger partial charge in [-0.15, -0.1) is 0 Å². The second-order valence-electron chi connectivity index (χ2n) is 11.5. The Labute approximate surface area is 238 Å². The molecule has 1 unspecified atom stereocenters. The van der Waals surface area contributed by atoms with Crippen molar-refractivity contribution in [2.24, 2.45) is 0 Å². The number of carbonyl (C=O) groups is 1. The van der Waals surface area contributed by atoms with Gasteiger partial charge >= 0.3 is 0 Å². The maximum Gasteiger partial charge on any atom is 0.248 e. The molecule has 0 spiro atoms. The van der Waals surface area contributed by atoms with Crippen molar-refractivity contribution in [2.75, 3.05) is 67.1 Å². The van der Waals surface area contributed by atoms with E-state index in [1.165, 1.54) is 4.31 Å². The standard InChI is InChI=1S/C29H43N5O5S/c1-21-15-25(38-5)16-22(2)29(21)40(36,37)34-14-13-33-8-6-7-26(33)27(34)19-39-20-28(35)31(4)23-17-24(18-23)32-11-9-30(3)10-12-32/h6-8,15-16,23-24,27H,9-14,17-20H2,1-5H3. The highest BCUT2D eigenvalue weighted by atomic mass is 32.2. The van der Waals surface area contributed by atoms with Crippen molar-refractivity contribution >= 4 is 15.9 Å². The van der Waals surface area contributed by atoms with Gasteiger partial charge in [0.15, 0.2) is 0 Å². The van der Waals surface area contributed by atoms with Crippen molar-refractivity contribution in [3.8, 4) is 5.75 Å². The molecular weight excluding hydrogens is 530 g/mol. The average Bonchev–Trinajstić information content (AvgIpc) is 3.37. The molecule has 3 heterocycles. The van der Waals surface area contributed by atoms with Crippen LogP contribution in [0, 0.1) is 13.8 Å². The van der Waals surface area contributed by atoms with E-state index in [1.54, 1.807) is 33.1 Å². The van der Waals surface area contributed by atoms with Crippen molar-refractivity contribution in [3.05, 3.63) is 47.3 Å². The summed E-state index contributed by atoms with van der Waals surface area (Å²) < 4.78 is 43.0. The molecule has 40 heavy (non-hydrogen) atoms. The van der Waals surface area contributed by atoms with Crippen LogP contribution in [0.1, 0.15) is 35.7 Å². The van der Waals surface area contributed by atoms with Crippen molar-refractivity contribution in [1.29, 1.82) is 0 Å². The number of aromatic nitrogens is 1. The molecule has 1 saturated heterocycles. The molecule has 1 atom stereocenters. The zero-order chi connectivity index (χ0) is 28.6. The number of benzene rings is 1. The van der Waals surface area contributed by atoms with Gasteiger partial charge < -0.3 is 23.8 Å². The summed E-state index contributed by atoms with van der Waals surface area (Å²) in [5, 5.41) is 0. The van der Waals surface area contributed by atoms with Crippen molar-refractivity contribution in [1.82, 2.24) is 23.6 Å². The van der Waals surface area contributed by atoms with E-state index >= 15 is 0 Å². The smallest absolute Gasteiger partial charge is 0.248 e. The average molecular weight is 574 g/mol. The van der Waals surface area contributed by atoms with E-state index in [4.69, 9.17) is 9.47 Å². The highest BCUT2D eigenvalue weighted by Gasteiger charge is 2.40. The Hall–Kier alpha value is -2.44. The van der Waals surface area contributed by atoms with Gasteiger partial charge in [0.25, 0.3) is 0 Å². The minimum absolute atomic E-state index is 0.0655. The highest BCUT2D eigenvalue weighted by molar-refractivity contribution is 7.89. The lowest BCUT2D eigenvalue weighted by atomic mass is 9.84. The predicted molar refractivity (Wildman–Crippen MR) is 153 cm³/mol. The molecule has 0 radical (unpaired) electrons. The first-order valence-electron chi connectivity index (χ1n) is 14.2. The normalized spacial score (nSPS) is 24.4. The number of methoxy groups -OCH3 is 1. The van der Waals surface area contributed by atoms with Gasteiger partial charge in [0.2, 0.25) is 15.9 Å². The van der Waals surface area contributed by atoms with Crippen LogP contribution < -0.4 is 4.74 Å². The fraction of sp³-hybridized carbons (Fsp3) is 0.621. The molecule has 3 aliphatic rings. The number of hydrogen-bond acceptors (Lipinski definition) is 7. The van der Waals surface area contributed by atoms with Crippen LogP contribution in [-0.2, 0) is 26.1 Å². The highest BCUT2D eigenvalue weighted by Crippen LogP contribution is 2.36. The monoisotopic (exact) mass is 573 g/mol. The summed E-state index contributed by atoms with van der Waals surface area (Å²) in [5.74, 6) is 0.564. The molecule has 0 bridgehead atoms. The zero-order valence-electron chi connectivity index (χ0n) is 24.4. The van der Waals surface area contributed by atoms with Crippen LogP contribution in [0.15, 0.2) is 35.4 Å². The molecule has 5 rings (SSSR count). The molecule has 1 amide bonds. The first kappa shape index (κ1) is 29.1. The number of amides is 1. The molecule has 2 aromatic rings. The molecule has 1 saturated carbocycles. The van der Waals surface area contributed by atoms with Crippen LogP contribution in [-0.4, -0.2) is 117 Å². The topological polar surface area (TPSA) is 87.6 Å². The van der Waals surface area contributed by atoms with Gasteiger partial charge in [0.1, 0.15) is 12.4 Å². The number of ether oxygens (including phenoxy) is 2. The van der Waals surface area contributed by atoms with E-state index in [0.717, 1.165) is 44.7 Å². The van der Waals surface area contributed by atoms with Gasteiger partial charge in [0.05, 0.1) is 24.7 Å². The number of hydrogen-bond donors (Lipinski definition) is 0. The Morgan fingerprint density at radius 1 is 1.05 bits per heavy atom. The van der Waals surface area contributed by atoms with E-state index in [1.807, 2.05) is 30.3 Å². The molecule has 0 N–H and O–H groups in total. The summed E-state index contributed by atoms with van der Waals surface area (Å²) in [4.78, 5) is 20.0. The fourth-order valence-electron chi connectivity index (χ4n) is 6.38. The number of fused-ring (bicyclic) bond motifs is 1. The van der Waals surface area contributed by atoms with Crippen LogP contribution >= 0.6 is 0 Å². The number of likely N-dealkylation sites (N-methyl/N-ethyl adjacent to an activating group) is 2. The number of sulfonamides is 1. The quantitative estimate of drug-likeness (QED) is 0.454. The second-order valence-corrected chi connectivity index (χ2v) is 13.3. The van der Waals surface area contributed by atoms with Crippen LogP contribution in [0.3, 0.4) is 0 Å². The lowest BCUT2D eigenvalue weighted by molar-refractivity contribution is -0.140. The Kier molecular flexibility index (Phi) is 8.58. The Bertz CT molecular complexity index is 1290. The third-order valence-electron chi connectivity index (χ3n) is 8.94. The maximum atomic E-state index is 14.0. The summed E-state index contributed by atoms with van der Waals surface area (Å²) >= 11 is 0. The summed E-state index contributed by atoms with van der Waals surface area (Å²) in [6, 6.07) is 7.61. The Balaban J connectivity index is 1.23. The zero-order valence-corrected chi connectivity index (χ0v) is 25.2. The summed E-state index contributed by atoms with van der Waals surface area (Å²) in [6.07, 6.45) is 3.95. The Morgan fingerprint density at radius 3 is 2.38 bits per heavy atom. The first-order chi connectivity index (χ1) is 19.1. The molecule has 1 aromatic carbocycles. The second kappa shape index (κ2) is 11.8. The molecule has 10 nitrogen and oxygen atoms in total. The van der Waals surface area contributed by atoms with Crippen LogP contribution in [0.5, 0.6) is 5.75 Å². The van der Waals surface area contributed by atoms with Crippen molar-refractivity contribution in [2.45, 2.75) is 56.3 Å². The van der Waals surface area contributed by atoms with Crippen molar-refractivity contribution < 1.29 is 22.7 Å². The van der Waals surface area contributed by atoms with Crippen LogP contribution in [0.25, 0.3) is 0 Å². The van der Waals surface area contributed by atoms with Crippen molar-refractivity contribution in [3.63, 3.8) is 0 Å². The van der Waals surface area contributed by atoms with Gasteiger partial charge in [-0.2, -0.15) is 4.31 Å². The fourth-order valence-corrected chi connectivity index (χ4v) is 8.37. The molecule has 11 heteroatoms. The van der Waals surface area contributed by atoms with E-state index in [2.05, 4.69) is 21.4 Å². The van der Waals surface area contributed by atoms with Gasteiger partial charge in [-0.1, -0.05) is 0 Å². The number of nitrogens with zero attached hydrogens (tertiary/aromatic N) is 5. The minimum Gasteiger partial charge on any atom is -0.497 e. The third kappa shape index (κ3) is 5.67. The van der Waals surface area contributed by atoms with Crippen LogP contribution in [0.2, 0.25) is 0 Å². The van der Waals surface area contributed by atoms with E-state index in [-0.39, 0.29) is 25.2 Å². The van der Waals surface area contributed by atoms with Gasteiger partial charge in [-0.3, -0.25) is 9.69 Å². The summed E-state index contributed by atoms with van der Waals surface area (Å²) in [6.45, 7) is 8.88. The van der Waals surface area contributed by atoms with Crippen LogP contribution in [0.4, 0.5) is 0 Å². The molecule has 2 aliphatic heterocycles. The van der Waals surface area contributed by atoms with Gasteiger partial charge in [0, 0.05) is 70.3 Å². The lowest BCUT2D eigenvalue weighted by Gasteiger charge is -2.48. The third-order valence-corrected chi connectivity index (χ3v) is 11.2. The molecule has 1 aromatic heterocycles. The number of piperazine rings is 1. The number of aryl methyl sites for hydroxylation is 2. The summed E-state index contributed by atoms with van der Waals surface area (Å²) in [5.41, 5.74) is 2.16. The lowest BCUT2D eigenvalue weighted by Crippen LogP contribution is -2.58. The minimum atomic E-state index is -3.83. The van der Waals surface area contributed by atoms with Gasteiger partial charge in [-0.25, -0.2) is 8.42 Å². The SMILES string of the molecule is COc1cc(C)c(S(=O)(=O)N2CCn3cccc3C2COCC(=O)N(C)C2CC(N3CCN(C)CC3)C2)c(C)c1. The summed E-state index contributed by atoms with van der Waals surface area (Å²) in [7, 11) is 1.76.